The Bertz CT molecular complexity index is 877. The van der Waals surface area contributed by atoms with Crippen molar-refractivity contribution in [3.05, 3.63) is 54.1 Å². The normalized spacial score (nSPS) is 18.8. The molecule has 6 heteroatoms. The number of anilines is 3. The van der Waals surface area contributed by atoms with Crippen LogP contribution in [0.15, 0.2) is 48.5 Å². The highest BCUT2D eigenvalue weighted by atomic mass is 16.5. The number of carbonyl (C=O) groups excluding carboxylic acids is 1. The minimum atomic E-state index is -0.183. The SMILES string of the molecule is CC[C@@H](C)[C@@H](C(=O)Nc1ccc(N2CCOCC2)cc1N1CCOCC1)c1ccccc1. The van der Waals surface area contributed by atoms with E-state index in [4.69, 9.17) is 9.47 Å². The van der Waals surface area contributed by atoms with Gasteiger partial charge in [-0.25, -0.2) is 0 Å². The molecule has 2 aliphatic heterocycles. The van der Waals surface area contributed by atoms with Crippen LogP contribution in [0, 0.1) is 5.92 Å². The summed E-state index contributed by atoms with van der Waals surface area (Å²) in [6.07, 6.45) is 0.944. The molecule has 4 rings (SSSR count). The maximum Gasteiger partial charge on any atom is 0.232 e. The first-order valence-electron chi connectivity index (χ1n) is 11.8. The lowest BCUT2D eigenvalue weighted by atomic mass is 9.85. The van der Waals surface area contributed by atoms with Crippen molar-refractivity contribution in [3.8, 4) is 0 Å². The van der Waals surface area contributed by atoms with Gasteiger partial charge in [-0.15, -0.1) is 0 Å². The van der Waals surface area contributed by atoms with Crippen LogP contribution in [-0.4, -0.2) is 58.5 Å². The van der Waals surface area contributed by atoms with E-state index in [9.17, 15) is 4.79 Å². The predicted octanol–water partition coefficient (Wildman–Crippen LogP) is 4.13. The molecular formula is C26H35N3O3. The van der Waals surface area contributed by atoms with Crippen molar-refractivity contribution in [1.29, 1.82) is 0 Å². The van der Waals surface area contributed by atoms with Crippen LogP contribution in [0.25, 0.3) is 0 Å². The maximum atomic E-state index is 13.6. The van der Waals surface area contributed by atoms with Crippen LogP contribution in [0.5, 0.6) is 0 Å². The summed E-state index contributed by atoms with van der Waals surface area (Å²) in [5.41, 5.74) is 4.19. The predicted molar refractivity (Wildman–Crippen MR) is 130 cm³/mol. The largest absolute Gasteiger partial charge is 0.378 e. The van der Waals surface area contributed by atoms with E-state index in [0.29, 0.717) is 13.2 Å². The molecular weight excluding hydrogens is 402 g/mol. The van der Waals surface area contributed by atoms with Crippen molar-refractivity contribution in [2.75, 3.05) is 67.7 Å². The summed E-state index contributed by atoms with van der Waals surface area (Å²) in [5, 5.41) is 3.29. The van der Waals surface area contributed by atoms with Gasteiger partial charge in [0, 0.05) is 31.9 Å². The van der Waals surface area contributed by atoms with Crippen LogP contribution >= 0.6 is 0 Å². The molecule has 2 aromatic carbocycles. The summed E-state index contributed by atoms with van der Waals surface area (Å²) >= 11 is 0. The molecule has 1 N–H and O–H groups in total. The molecule has 2 heterocycles. The molecule has 0 aromatic heterocycles. The van der Waals surface area contributed by atoms with Crippen molar-refractivity contribution in [1.82, 2.24) is 0 Å². The van der Waals surface area contributed by atoms with Gasteiger partial charge in [-0.3, -0.25) is 4.79 Å². The quantitative estimate of drug-likeness (QED) is 0.706. The molecule has 2 aromatic rings. The van der Waals surface area contributed by atoms with E-state index < -0.39 is 0 Å². The van der Waals surface area contributed by atoms with E-state index in [0.717, 1.165) is 62.8 Å². The highest BCUT2D eigenvalue weighted by molar-refractivity contribution is 5.99. The lowest BCUT2D eigenvalue weighted by molar-refractivity contribution is -0.118. The van der Waals surface area contributed by atoms with Crippen LogP contribution in [0.3, 0.4) is 0 Å². The van der Waals surface area contributed by atoms with Gasteiger partial charge in [0.15, 0.2) is 0 Å². The number of rotatable bonds is 7. The summed E-state index contributed by atoms with van der Waals surface area (Å²) in [6, 6.07) is 16.5. The topological polar surface area (TPSA) is 54.0 Å². The number of carbonyl (C=O) groups is 1. The molecule has 0 spiro atoms. The van der Waals surface area contributed by atoms with Crippen LogP contribution in [-0.2, 0) is 14.3 Å². The van der Waals surface area contributed by atoms with Crippen LogP contribution < -0.4 is 15.1 Å². The minimum Gasteiger partial charge on any atom is -0.378 e. The van der Waals surface area contributed by atoms with Gasteiger partial charge in [0.2, 0.25) is 5.91 Å². The number of morpholine rings is 2. The molecule has 2 aliphatic rings. The van der Waals surface area contributed by atoms with Crippen molar-refractivity contribution >= 4 is 23.0 Å². The monoisotopic (exact) mass is 437 g/mol. The van der Waals surface area contributed by atoms with E-state index in [2.05, 4.69) is 59.3 Å². The van der Waals surface area contributed by atoms with E-state index in [1.54, 1.807) is 0 Å². The Hall–Kier alpha value is -2.57. The molecule has 0 saturated carbocycles. The van der Waals surface area contributed by atoms with Crippen LogP contribution in [0.2, 0.25) is 0 Å². The van der Waals surface area contributed by atoms with Gasteiger partial charge in [-0.1, -0.05) is 50.6 Å². The van der Waals surface area contributed by atoms with E-state index in [-0.39, 0.29) is 17.7 Å². The summed E-state index contributed by atoms with van der Waals surface area (Å²) in [4.78, 5) is 18.2. The molecule has 0 bridgehead atoms. The molecule has 32 heavy (non-hydrogen) atoms. The van der Waals surface area contributed by atoms with Crippen molar-refractivity contribution < 1.29 is 14.3 Å². The number of nitrogens with zero attached hydrogens (tertiary/aromatic N) is 2. The number of ether oxygens (including phenoxy) is 2. The third-order valence-corrected chi connectivity index (χ3v) is 6.62. The number of hydrogen-bond donors (Lipinski definition) is 1. The second-order valence-corrected chi connectivity index (χ2v) is 8.66. The Labute approximate surface area is 191 Å². The molecule has 2 atom stereocenters. The lowest BCUT2D eigenvalue weighted by Gasteiger charge is -2.34. The fourth-order valence-electron chi connectivity index (χ4n) is 4.55. The van der Waals surface area contributed by atoms with Gasteiger partial charge in [0.1, 0.15) is 0 Å². The first kappa shape index (κ1) is 22.6. The number of nitrogens with one attached hydrogen (secondary N) is 1. The maximum absolute atomic E-state index is 13.6. The lowest BCUT2D eigenvalue weighted by Crippen LogP contribution is -2.38. The Balaban J connectivity index is 1.62. The highest BCUT2D eigenvalue weighted by Gasteiger charge is 2.27. The van der Waals surface area contributed by atoms with Crippen molar-refractivity contribution in [2.45, 2.75) is 26.2 Å². The molecule has 2 saturated heterocycles. The zero-order valence-corrected chi connectivity index (χ0v) is 19.3. The summed E-state index contributed by atoms with van der Waals surface area (Å²) in [6.45, 7) is 10.6. The van der Waals surface area contributed by atoms with Gasteiger partial charge in [-0.05, 0) is 29.7 Å². The zero-order valence-electron chi connectivity index (χ0n) is 19.3. The Morgan fingerprint density at radius 1 is 0.938 bits per heavy atom. The number of hydrogen-bond acceptors (Lipinski definition) is 5. The fourth-order valence-corrected chi connectivity index (χ4v) is 4.55. The molecule has 172 valence electrons. The van der Waals surface area contributed by atoms with Crippen LogP contribution in [0.1, 0.15) is 31.7 Å². The Kier molecular flexibility index (Phi) is 7.66. The second-order valence-electron chi connectivity index (χ2n) is 8.66. The molecule has 6 nitrogen and oxygen atoms in total. The molecule has 1 amide bonds. The average Bonchev–Trinajstić information content (AvgIpc) is 2.86. The van der Waals surface area contributed by atoms with Crippen molar-refractivity contribution in [2.24, 2.45) is 5.92 Å². The zero-order chi connectivity index (χ0) is 22.3. The number of benzene rings is 2. The van der Waals surface area contributed by atoms with Gasteiger partial charge in [-0.2, -0.15) is 0 Å². The second kappa shape index (κ2) is 10.8. The molecule has 0 aliphatic carbocycles. The Morgan fingerprint density at radius 2 is 1.56 bits per heavy atom. The fraction of sp³-hybridized carbons (Fsp3) is 0.500. The standard InChI is InChI=1S/C26H35N3O3/c1-3-20(2)25(21-7-5-4-6-8-21)26(30)27-23-10-9-22(28-11-15-31-16-12-28)19-24(23)29-13-17-32-18-14-29/h4-10,19-20,25H,3,11-18H2,1-2H3,(H,27,30)/t20-,25-/m1/s1. The van der Waals surface area contributed by atoms with Crippen LogP contribution in [0.4, 0.5) is 17.1 Å². The van der Waals surface area contributed by atoms with Gasteiger partial charge < -0.3 is 24.6 Å². The molecule has 0 radical (unpaired) electrons. The first-order chi connectivity index (χ1) is 15.7. The Morgan fingerprint density at radius 3 is 2.19 bits per heavy atom. The number of amides is 1. The third kappa shape index (κ3) is 5.25. The summed E-state index contributed by atoms with van der Waals surface area (Å²) in [5.74, 6) is 0.119. The van der Waals surface area contributed by atoms with E-state index in [1.165, 1.54) is 5.69 Å². The first-order valence-corrected chi connectivity index (χ1v) is 11.8. The minimum absolute atomic E-state index is 0.0548. The van der Waals surface area contributed by atoms with Gasteiger partial charge in [0.05, 0.1) is 43.7 Å². The molecule has 0 unspecified atom stereocenters. The smallest absolute Gasteiger partial charge is 0.232 e. The molecule has 2 fully saturated rings. The van der Waals surface area contributed by atoms with E-state index in [1.807, 2.05) is 18.2 Å². The summed E-state index contributed by atoms with van der Waals surface area (Å²) < 4.78 is 11.1. The van der Waals surface area contributed by atoms with E-state index >= 15 is 0 Å². The van der Waals surface area contributed by atoms with Gasteiger partial charge in [0.25, 0.3) is 0 Å². The third-order valence-electron chi connectivity index (χ3n) is 6.62. The highest BCUT2D eigenvalue weighted by Crippen LogP contribution is 2.34. The summed E-state index contributed by atoms with van der Waals surface area (Å²) in [7, 11) is 0. The average molecular weight is 438 g/mol. The van der Waals surface area contributed by atoms with Crippen molar-refractivity contribution in [3.63, 3.8) is 0 Å². The van der Waals surface area contributed by atoms with Gasteiger partial charge >= 0.3 is 0 Å².